The lowest BCUT2D eigenvalue weighted by Gasteiger charge is -2.23. The van der Waals surface area contributed by atoms with E-state index < -0.39 is 23.7 Å². The summed E-state index contributed by atoms with van der Waals surface area (Å²) in [5, 5.41) is 10.0. The molecule has 5 heteroatoms. The number of aliphatic hydroxyl groups is 1. The van der Waals surface area contributed by atoms with Crippen molar-refractivity contribution in [3.05, 3.63) is 35.1 Å². The van der Waals surface area contributed by atoms with Crippen molar-refractivity contribution in [2.75, 3.05) is 0 Å². The molecule has 1 aromatic carbocycles. The molecule has 1 N–H and O–H groups in total. The van der Waals surface area contributed by atoms with Crippen LogP contribution in [0.15, 0.2) is 18.2 Å². The Hall–Kier alpha value is -1.10. The van der Waals surface area contributed by atoms with Crippen LogP contribution in [0.25, 0.3) is 0 Å². The van der Waals surface area contributed by atoms with Gasteiger partial charge in [0.05, 0.1) is 11.7 Å². The maximum Gasteiger partial charge on any atom is 0.419 e. The normalized spacial score (nSPS) is 18.7. The smallest absolute Gasteiger partial charge is 0.388 e. The highest BCUT2D eigenvalue weighted by molar-refractivity contribution is 5.28. The second-order valence-corrected chi connectivity index (χ2v) is 5.83. The third-order valence-corrected chi connectivity index (χ3v) is 4.25. The Bertz CT molecular complexity index is 464. The highest BCUT2D eigenvalue weighted by Crippen LogP contribution is 2.35. The Balaban J connectivity index is 2.00. The van der Waals surface area contributed by atoms with E-state index in [0.717, 1.165) is 31.4 Å². The molecule has 1 aromatic rings. The van der Waals surface area contributed by atoms with Crippen LogP contribution < -0.4 is 0 Å². The summed E-state index contributed by atoms with van der Waals surface area (Å²) < 4.78 is 51.1. The zero-order valence-corrected chi connectivity index (χ0v) is 11.8. The second kappa shape index (κ2) is 6.77. The van der Waals surface area contributed by atoms with Gasteiger partial charge in [0.1, 0.15) is 5.82 Å². The van der Waals surface area contributed by atoms with Gasteiger partial charge in [-0.05, 0) is 36.5 Å². The first-order valence-corrected chi connectivity index (χ1v) is 7.42. The van der Waals surface area contributed by atoms with Gasteiger partial charge in [-0.25, -0.2) is 4.39 Å². The van der Waals surface area contributed by atoms with Gasteiger partial charge in [0.25, 0.3) is 0 Å². The minimum absolute atomic E-state index is 0.138. The third-order valence-electron chi connectivity index (χ3n) is 4.25. The number of alkyl halides is 3. The molecule has 0 saturated heterocycles. The first-order chi connectivity index (χ1) is 9.88. The number of hydrogen-bond donors (Lipinski definition) is 1. The van der Waals surface area contributed by atoms with Crippen molar-refractivity contribution >= 4 is 0 Å². The highest BCUT2D eigenvalue weighted by Gasteiger charge is 2.34. The quantitative estimate of drug-likeness (QED) is 0.754. The summed E-state index contributed by atoms with van der Waals surface area (Å²) in [5.41, 5.74) is -1.17. The fourth-order valence-corrected chi connectivity index (χ4v) is 3.00. The Morgan fingerprint density at radius 1 is 1.14 bits per heavy atom. The van der Waals surface area contributed by atoms with Crippen molar-refractivity contribution in [2.45, 2.75) is 57.2 Å². The molecule has 118 valence electrons. The van der Waals surface area contributed by atoms with Crippen molar-refractivity contribution in [1.29, 1.82) is 0 Å². The van der Waals surface area contributed by atoms with E-state index in [0.29, 0.717) is 12.3 Å². The summed E-state index contributed by atoms with van der Waals surface area (Å²) in [5.74, 6) is -0.748. The van der Waals surface area contributed by atoms with E-state index >= 15 is 0 Å². The molecule has 1 unspecified atom stereocenters. The number of rotatable bonds is 4. The minimum Gasteiger partial charge on any atom is -0.388 e. The van der Waals surface area contributed by atoms with Gasteiger partial charge in [-0.15, -0.1) is 0 Å². The van der Waals surface area contributed by atoms with Crippen molar-refractivity contribution in [3.63, 3.8) is 0 Å². The molecule has 2 rings (SSSR count). The number of benzene rings is 1. The zero-order chi connectivity index (χ0) is 15.5. The van der Waals surface area contributed by atoms with Crippen LogP contribution >= 0.6 is 0 Å². The van der Waals surface area contributed by atoms with Crippen LogP contribution in [0.5, 0.6) is 0 Å². The van der Waals surface area contributed by atoms with E-state index in [1.54, 1.807) is 0 Å². The fourth-order valence-electron chi connectivity index (χ4n) is 3.00. The summed E-state index contributed by atoms with van der Waals surface area (Å²) in [6.07, 6.45) is 1.41. The Morgan fingerprint density at radius 3 is 2.43 bits per heavy atom. The molecule has 0 aromatic heterocycles. The lowest BCUT2D eigenvalue weighted by atomic mass is 9.85. The number of hydrogen-bond acceptors (Lipinski definition) is 1. The van der Waals surface area contributed by atoms with Gasteiger partial charge >= 0.3 is 6.18 Å². The summed E-state index contributed by atoms with van der Waals surface area (Å²) in [7, 11) is 0. The Morgan fingerprint density at radius 2 is 1.81 bits per heavy atom. The standard InChI is InChI=1S/C16H20F4O/c17-14-8-7-12(10-13(14)16(18,19)20)15(21)9-6-11-4-2-1-3-5-11/h7-8,10-11,15,21H,1-6,9H2. The second-order valence-electron chi connectivity index (χ2n) is 5.83. The van der Waals surface area contributed by atoms with Gasteiger partial charge in [0, 0.05) is 0 Å². The lowest BCUT2D eigenvalue weighted by molar-refractivity contribution is -0.140. The van der Waals surface area contributed by atoms with Crippen molar-refractivity contribution < 1.29 is 22.7 Å². The predicted molar refractivity (Wildman–Crippen MR) is 72.2 cm³/mol. The third kappa shape index (κ3) is 4.43. The largest absolute Gasteiger partial charge is 0.419 e. The molecule has 0 radical (unpaired) electrons. The molecule has 0 spiro atoms. The molecule has 1 saturated carbocycles. The average molecular weight is 304 g/mol. The van der Waals surface area contributed by atoms with Gasteiger partial charge in [0.15, 0.2) is 0 Å². The monoisotopic (exact) mass is 304 g/mol. The van der Waals surface area contributed by atoms with E-state index in [-0.39, 0.29) is 5.56 Å². The molecular weight excluding hydrogens is 284 g/mol. The molecule has 21 heavy (non-hydrogen) atoms. The van der Waals surface area contributed by atoms with Crippen LogP contribution in [0.3, 0.4) is 0 Å². The van der Waals surface area contributed by atoms with Crippen LogP contribution in [0.4, 0.5) is 17.6 Å². The minimum atomic E-state index is -4.73. The van der Waals surface area contributed by atoms with Gasteiger partial charge in [-0.1, -0.05) is 38.2 Å². The summed E-state index contributed by atoms with van der Waals surface area (Å²) in [6.45, 7) is 0. The van der Waals surface area contributed by atoms with Crippen molar-refractivity contribution in [3.8, 4) is 0 Å². The Labute approximate surface area is 122 Å². The fraction of sp³-hybridized carbons (Fsp3) is 0.625. The van der Waals surface area contributed by atoms with E-state index in [1.807, 2.05) is 0 Å². The van der Waals surface area contributed by atoms with Crippen molar-refractivity contribution in [1.82, 2.24) is 0 Å². The molecule has 1 aliphatic rings. The first kappa shape index (κ1) is 16.3. The molecule has 0 aliphatic heterocycles. The summed E-state index contributed by atoms with van der Waals surface area (Å²) >= 11 is 0. The molecule has 1 fully saturated rings. The van der Waals surface area contributed by atoms with E-state index in [9.17, 15) is 22.7 Å². The van der Waals surface area contributed by atoms with Crippen LogP contribution in [0.1, 0.15) is 62.2 Å². The van der Waals surface area contributed by atoms with Crippen LogP contribution in [-0.4, -0.2) is 5.11 Å². The maximum absolute atomic E-state index is 13.2. The molecular formula is C16H20F4O. The maximum atomic E-state index is 13.2. The molecule has 1 atom stereocenters. The van der Waals surface area contributed by atoms with E-state index in [4.69, 9.17) is 0 Å². The van der Waals surface area contributed by atoms with Gasteiger partial charge in [-0.2, -0.15) is 13.2 Å². The van der Waals surface area contributed by atoms with Crippen molar-refractivity contribution in [2.24, 2.45) is 5.92 Å². The SMILES string of the molecule is OC(CCC1CCCCC1)c1ccc(F)c(C(F)(F)F)c1. The molecule has 0 bridgehead atoms. The first-order valence-electron chi connectivity index (χ1n) is 7.42. The van der Waals surface area contributed by atoms with Gasteiger partial charge < -0.3 is 5.11 Å². The number of aliphatic hydroxyl groups excluding tert-OH is 1. The molecule has 0 amide bonds. The highest BCUT2D eigenvalue weighted by atomic mass is 19.4. The Kier molecular flexibility index (Phi) is 5.25. The van der Waals surface area contributed by atoms with Crippen LogP contribution in [0, 0.1) is 11.7 Å². The summed E-state index contributed by atoms with van der Waals surface area (Å²) in [6, 6.07) is 2.74. The average Bonchev–Trinajstić information content (AvgIpc) is 2.45. The van der Waals surface area contributed by atoms with Crippen LogP contribution in [0.2, 0.25) is 0 Å². The van der Waals surface area contributed by atoms with Crippen LogP contribution in [-0.2, 0) is 6.18 Å². The zero-order valence-electron chi connectivity index (χ0n) is 11.8. The predicted octanol–water partition coefficient (Wildman–Crippen LogP) is 5.24. The topological polar surface area (TPSA) is 20.2 Å². The van der Waals surface area contributed by atoms with E-state index in [1.165, 1.54) is 25.3 Å². The molecule has 1 nitrogen and oxygen atoms in total. The van der Waals surface area contributed by atoms with E-state index in [2.05, 4.69) is 0 Å². The molecule has 0 heterocycles. The van der Waals surface area contributed by atoms with Gasteiger partial charge in [-0.3, -0.25) is 0 Å². The lowest BCUT2D eigenvalue weighted by Crippen LogP contribution is -2.11. The van der Waals surface area contributed by atoms with Gasteiger partial charge in [0.2, 0.25) is 0 Å². The summed E-state index contributed by atoms with van der Waals surface area (Å²) in [4.78, 5) is 0. The molecule has 1 aliphatic carbocycles. The number of halogens is 4.